The minimum Gasteiger partial charge on any atom is -0.358 e. The maximum absolute atomic E-state index is 10.9. The van der Waals surface area contributed by atoms with Crippen molar-refractivity contribution in [3.8, 4) is 0 Å². The van der Waals surface area contributed by atoms with E-state index in [0.29, 0.717) is 24.1 Å². The number of anilines is 1. The molecule has 0 unspecified atom stereocenters. The fourth-order valence-corrected chi connectivity index (χ4v) is 4.36. The third kappa shape index (κ3) is 3.30. The topological polar surface area (TPSA) is 105 Å². The van der Waals surface area contributed by atoms with Crippen LogP contribution in [0.5, 0.6) is 0 Å². The molecule has 3 aromatic heterocycles. The van der Waals surface area contributed by atoms with E-state index in [9.17, 15) is 4.79 Å². The van der Waals surface area contributed by atoms with Crippen LogP contribution in [-0.4, -0.2) is 60.3 Å². The lowest BCUT2D eigenvalue weighted by Gasteiger charge is -2.33. The van der Waals surface area contributed by atoms with Gasteiger partial charge in [0.15, 0.2) is 11.5 Å². The number of benzene rings is 1. The van der Waals surface area contributed by atoms with Crippen molar-refractivity contribution in [2.75, 3.05) is 25.0 Å². The van der Waals surface area contributed by atoms with Gasteiger partial charge in [-0.25, -0.2) is 19.9 Å². The van der Waals surface area contributed by atoms with Gasteiger partial charge in [-0.3, -0.25) is 4.90 Å². The van der Waals surface area contributed by atoms with Gasteiger partial charge in [-0.05, 0) is 31.9 Å². The Balaban J connectivity index is 1.49. The Morgan fingerprint density at radius 2 is 2.07 bits per heavy atom. The standard InChI is InChI=1S/C21H24N8O/c1-14(26-20-18-19(23-12-22-18)24-13-25-20)21-27-16-4-2-3-5-17(16)29(21)15-6-8-28(9-7-15)10-11-30/h2-5,11-15H,6-10H2,1H3,(H2,22,23,24,25,26)/t14-/m0/s1. The Labute approximate surface area is 173 Å². The Morgan fingerprint density at radius 3 is 2.90 bits per heavy atom. The first-order chi connectivity index (χ1) is 14.7. The molecule has 1 atom stereocenters. The number of aromatic nitrogens is 6. The van der Waals surface area contributed by atoms with Crippen LogP contribution in [0.4, 0.5) is 5.82 Å². The molecule has 1 fully saturated rings. The summed E-state index contributed by atoms with van der Waals surface area (Å²) in [6.45, 7) is 4.44. The van der Waals surface area contributed by atoms with Crippen molar-refractivity contribution in [2.45, 2.75) is 31.8 Å². The fraction of sp³-hybridized carbons (Fsp3) is 0.381. The molecule has 1 saturated heterocycles. The summed E-state index contributed by atoms with van der Waals surface area (Å²) in [4.78, 5) is 33.9. The molecule has 1 aliphatic heterocycles. The SMILES string of the molecule is C[C@H](Nc1ncnc2nc[nH]c12)c1nc2ccccc2n1C1CCN(CC=O)CC1. The number of carbonyl (C=O) groups excluding carboxylic acids is 1. The molecular formula is C21H24N8O. The Morgan fingerprint density at radius 1 is 1.23 bits per heavy atom. The number of likely N-dealkylation sites (tertiary alicyclic amines) is 1. The first kappa shape index (κ1) is 18.7. The summed E-state index contributed by atoms with van der Waals surface area (Å²) in [6.07, 6.45) is 6.11. The van der Waals surface area contributed by atoms with Crippen molar-refractivity contribution >= 4 is 34.3 Å². The number of aldehydes is 1. The molecule has 9 nitrogen and oxygen atoms in total. The van der Waals surface area contributed by atoms with Crippen LogP contribution in [0.3, 0.4) is 0 Å². The number of nitrogens with zero attached hydrogens (tertiary/aromatic N) is 6. The normalized spacial score (nSPS) is 16.8. The molecule has 30 heavy (non-hydrogen) atoms. The summed E-state index contributed by atoms with van der Waals surface area (Å²) >= 11 is 0. The second-order valence-corrected chi connectivity index (χ2v) is 7.72. The van der Waals surface area contributed by atoms with Gasteiger partial charge >= 0.3 is 0 Å². The van der Waals surface area contributed by atoms with Gasteiger partial charge in [-0.15, -0.1) is 0 Å². The Hall–Kier alpha value is -3.33. The maximum Gasteiger partial charge on any atom is 0.182 e. The van der Waals surface area contributed by atoms with Crippen LogP contribution in [-0.2, 0) is 4.79 Å². The highest BCUT2D eigenvalue weighted by Gasteiger charge is 2.26. The highest BCUT2D eigenvalue weighted by molar-refractivity contribution is 5.82. The smallest absolute Gasteiger partial charge is 0.182 e. The minimum absolute atomic E-state index is 0.0631. The van der Waals surface area contributed by atoms with Crippen LogP contribution in [0, 0.1) is 0 Å². The predicted octanol–water partition coefficient (Wildman–Crippen LogP) is 2.71. The summed E-state index contributed by atoms with van der Waals surface area (Å²) < 4.78 is 2.37. The van der Waals surface area contributed by atoms with Crippen LogP contribution in [0.15, 0.2) is 36.9 Å². The number of rotatable bonds is 6. The number of imidazole rings is 2. The molecule has 4 heterocycles. The number of piperidine rings is 1. The molecule has 2 N–H and O–H groups in total. The summed E-state index contributed by atoms with van der Waals surface area (Å²) in [6, 6.07) is 8.55. The van der Waals surface area contributed by atoms with Gasteiger partial charge in [0.25, 0.3) is 0 Å². The average molecular weight is 404 g/mol. The zero-order valence-corrected chi connectivity index (χ0v) is 16.8. The third-order valence-electron chi connectivity index (χ3n) is 5.84. The highest BCUT2D eigenvalue weighted by Crippen LogP contribution is 2.32. The molecule has 4 aromatic rings. The average Bonchev–Trinajstić information content (AvgIpc) is 3.40. The second kappa shape index (κ2) is 7.83. The number of H-pyrrole nitrogens is 1. The van der Waals surface area contributed by atoms with Crippen molar-refractivity contribution in [2.24, 2.45) is 0 Å². The van der Waals surface area contributed by atoms with Gasteiger partial charge in [0.05, 0.1) is 29.9 Å². The summed E-state index contributed by atoms with van der Waals surface area (Å²) in [5.41, 5.74) is 3.56. The van der Waals surface area contributed by atoms with Gasteiger partial charge in [0.2, 0.25) is 0 Å². The van der Waals surface area contributed by atoms with Gasteiger partial charge in [-0.2, -0.15) is 0 Å². The molecule has 0 aliphatic carbocycles. The molecule has 154 valence electrons. The zero-order chi connectivity index (χ0) is 20.5. The van der Waals surface area contributed by atoms with E-state index >= 15 is 0 Å². The molecule has 9 heteroatoms. The first-order valence-electron chi connectivity index (χ1n) is 10.3. The quantitative estimate of drug-likeness (QED) is 0.476. The molecule has 0 amide bonds. The Bertz CT molecular complexity index is 1170. The number of hydrogen-bond acceptors (Lipinski definition) is 7. The van der Waals surface area contributed by atoms with E-state index in [0.717, 1.165) is 54.6 Å². The lowest BCUT2D eigenvalue weighted by atomic mass is 10.0. The Kier molecular flexibility index (Phi) is 4.88. The summed E-state index contributed by atoms with van der Waals surface area (Å²) in [5.74, 6) is 1.70. The van der Waals surface area contributed by atoms with Crippen molar-refractivity contribution in [3.05, 3.63) is 42.7 Å². The van der Waals surface area contributed by atoms with Crippen LogP contribution in [0.1, 0.15) is 37.7 Å². The van der Waals surface area contributed by atoms with Crippen LogP contribution in [0.2, 0.25) is 0 Å². The first-order valence-corrected chi connectivity index (χ1v) is 10.3. The maximum atomic E-state index is 10.9. The van der Waals surface area contributed by atoms with Crippen molar-refractivity contribution in [3.63, 3.8) is 0 Å². The van der Waals surface area contributed by atoms with E-state index in [2.05, 4.69) is 59.8 Å². The third-order valence-corrected chi connectivity index (χ3v) is 5.84. The number of fused-ring (bicyclic) bond motifs is 2. The predicted molar refractivity (Wildman–Crippen MR) is 114 cm³/mol. The summed E-state index contributed by atoms with van der Waals surface area (Å²) in [7, 11) is 0. The molecular weight excluding hydrogens is 380 g/mol. The molecule has 0 bridgehead atoms. The van der Waals surface area contributed by atoms with Crippen LogP contribution < -0.4 is 5.32 Å². The molecule has 1 aromatic carbocycles. The number of hydrogen-bond donors (Lipinski definition) is 2. The van der Waals surface area contributed by atoms with Crippen molar-refractivity contribution in [1.82, 2.24) is 34.4 Å². The molecule has 5 rings (SSSR count). The van der Waals surface area contributed by atoms with E-state index < -0.39 is 0 Å². The molecule has 0 radical (unpaired) electrons. The largest absolute Gasteiger partial charge is 0.358 e. The second-order valence-electron chi connectivity index (χ2n) is 7.72. The lowest BCUT2D eigenvalue weighted by molar-refractivity contribution is -0.109. The van der Waals surface area contributed by atoms with Crippen molar-refractivity contribution in [1.29, 1.82) is 0 Å². The number of nitrogens with one attached hydrogen (secondary N) is 2. The minimum atomic E-state index is -0.0631. The highest BCUT2D eigenvalue weighted by atomic mass is 16.1. The molecule has 0 saturated carbocycles. The van der Waals surface area contributed by atoms with E-state index in [1.807, 2.05) is 6.07 Å². The van der Waals surface area contributed by atoms with E-state index in [4.69, 9.17) is 4.98 Å². The van der Waals surface area contributed by atoms with Gasteiger partial charge in [-0.1, -0.05) is 12.1 Å². The molecule has 0 spiro atoms. The van der Waals surface area contributed by atoms with E-state index in [1.165, 1.54) is 6.33 Å². The van der Waals surface area contributed by atoms with Crippen LogP contribution >= 0.6 is 0 Å². The van der Waals surface area contributed by atoms with Gasteiger partial charge in [0.1, 0.15) is 24.0 Å². The monoisotopic (exact) mass is 404 g/mol. The number of para-hydroxylation sites is 2. The fourth-order valence-electron chi connectivity index (χ4n) is 4.36. The lowest BCUT2D eigenvalue weighted by Crippen LogP contribution is -2.36. The zero-order valence-electron chi connectivity index (χ0n) is 16.8. The van der Waals surface area contributed by atoms with Gasteiger partial charge < -0.3 is 19.7 Å². The summed E-state index contributed by atoms with van der Waals surface area (Å²) in [5, 5.41) is 3.49. The van der Waals surface area contributed by atoms with Gasteiger partial charge in [0, 0.05) is 19.1 Å². The van der Waals surface area contributed by atoms with Crippen molar-refractivity contribution < 1.29 is 4.79 Å². The molecule has 1 aliphatic rings. The number of aromatic amines is 1. The number of carbonyl (C=O) groups is 1. The van der Waals surface area contributed by atoms with Crippen LogP contribution in [0.25, 0.3) is 22.2 Å². The van der Waals surface area contributed by atoms with E-state index in [-0.39, 0.29) is 6.04 Å². The van der Waals surface area contributed by atoms with E-state index in [1.54, 1.807) is 6.33 Å².